The van der Waals surface area contributed by atoms with Crippen molar-refractivity contribution in [2.45, 2.75) is 51.1 Å². The summed E-state index contributed by atoms with van der Waals surface area (Å²) in [6.07, 6.45) is 0.791. The molecule has 0 rings (SSSR count). The number of alkyl halides is 3. The third kappa shape index (κ3) is 10.8. The normalized spacial score (nSPS) is 12.4. The summed E-state index contributed by atoms with van der Waals surface area (Å²) in [5, 5.41) is 1.99. The van der Waals surface area contributed by atoms with E-state index in [0.717, 1.165) is 4.72 Å². The zero-order valence-electron chi connectivity index (χ0n) is 16.6. The van der Waals surface area contributed by atoms with E-state index in [9.17, 15) is 36.0 Å². The number of rotatable bonds is 12. The van der Waals surface area contributed by atoms with E-state index in [1.54, 1.807) is 0 Å². The van der Waals surface area contributed by atoms with Gasteiger partial charge in [0.05, 0.1) is 0 Å². The Kier molecular flexibility index (Phi) is 11.2. The molecule has 9 nitrogen and oxygen atoms in total. The molecule has 0 aromatic rings. The highest BCUT2D eigenvalue weighted by Crippen LogP contribution is 2.21. The molecule has 0 radical (unpaired) electrons. The summed E-state index contributed by atoms with van der Waals surface area (Å²) in [6.45, 7) is 9.52. The first-order valence-corrected chi connectivity index (χ1v) is 10.2. The lowest BCUT2D eigenvalue weighted by Gasteiger charge is -2.18. The molecular weight excluding hydrogens is 433 g/mol. The van der Waals surface area contributed by atoms with Crippen LogP contribution in [0.5, 0.6) is 0 Å². The standard InChI is InChI=1S/C17H25F3N2O7S/c1-11(2)14(23)28-10-13(29-15(24)12(3)4)8-6-5-7-9-21-16(25)22-30(26,27)17(18,19)20/h13H,1,3,5-10H2,2,4H3,(H2,21,22,25). The lowest BCUT2D eigenvalue weighted by atomic mass is 10.1. The van der Waals surface area contributed by atoms with Crippen LogP contribution in [0.4, 0.5) is 18.0 Å². The van der Waals surface area contributed by atoms with Crippen LogP contribution >= 0.6 is 0 Å². The fourth-order valence-corrected chi connectivity index (χ4v) is 2.24. The lowest BCUT2D eigenvalue weighted by Crippen LogP contribution is -2.45. The average Bonchev–Trinajstić information content (AvgIpc) is 2.60. The number of carbonyl (C=O) groups is 3. The Morgan fingerprint density at radius 2 is 1.57 bits per heavy atom. The van der Waals surface area contributed by atoms with Crippen molar-refractivity contribution >= 4 is 28.0 Å². The molecular formula is C17H25F3N2O7S. The van der Waals surface area contributed by atoms with Crippen LogP contribution in [0.25, 0.3) is 0 Å². The summed E-state index contributed by atoms with van der Waals surface area (Å²) >= 11 is 0. The molecule has 0 aliphatic rings. The van der Waals surface area contributed by atoms with E-state index in [2.05, 4.69) is 13.2 Å². The van der Waals surface area contributed by atoms with Gasteiger partial charge in [0.1, 0.15) is 12.7 Å². The number of nitrogens with one attached hydrogen (secondary N) is 2. The van der Waals surface area contributed by atoms with Gasteiger partial charge in [0.25, 0.3) is 0 Å². The number of carbonyl (C=O) groups excluding carboxylic acids is 3. The molecule has 0 spiro atoms. The minimum absolute atomic E-state index is 0.0833. The zero-order valence-corrected chi connectivity index (χ0v) is 17.5. The van der Waals surface area contributed by atoms with Gasteiger partial charge in [-0.25, -0.2) is 19.1 Å². The van der Waals surface area contributed by atoms with E-state index in [4.69, 9.17) is 9.47 Å². The smallest absolute Gasteiger partial charge is 0.458 e. The van der Waals surface area contributed by atoms with E-state index in [-0.39, 0.29) is 24.3 Å². The Morgan fingerprint density at radius 1 is 1.00 bits per heavy atom. The number of ether oxygens (including phenoxy) is 2. The van der Waals surface area contributed by atoms with Crippen LogP contribution in [0.1, 0.15) is 39.5 Å². The Balaban J connectivity index is 4.36. The summed E-state index contributed by atoms with van der Waals surface area (Å²) < 4.78 is 69.0. The SMILES string of the molecule is C=C(C)C(=O)OCC(CCCCCNC(=O)NS(=O)(=O)C(F)(F)F)OC(=O)C(=C)C. The monoisotopic (exact) mass is 458 g/mol. The fraction of sp³-hybridized carbons (Fsp3) is 0.588. The average molecular weight is 458 g/mol. The first-order valence-electron chi connectivity index (χ1n) is 8.73. The maximum Gasteiger partial charge on any atom is 0.516 e. The maximum absolute atomic E-state index is 12.1. The molecule has 0 aliphatic heterocycles. The first-order chi connectivity index (χ1) is 13.7. The van der Waals surface area contributed by atoms with Gasteiger partial charge in [-0.05, 0) is 33.1 Å². The van der Waals surface area contributed by atoms with Gasteiger partial charge in [0.2, 0.25) is 0 Å². The highest BCUT2D eigenvalue weighted by molar-refractivity contribution is 7.90. The van der Waals surface area contributed by atoms with Crippen molar-refractivity contribution in [3.05, 3.63) is 24.3 Å². The predicted octanol–water partition coefficient (Wildman–Crippen LogP) is 2.30. The van der Waals surface area contributed by atoms with Crippen LogP contribution in [0, 0.1) is 0 Å². The van der Waals surface area contributed by atoms with Gasteiger partial charge in [0.15, 0.2) is 0 Å². The molecule has 1 unspecified atom stereocenters. The fourth-order valence-electron chi connectivity index (χ4n) is 1.81. The zero-order chi connectivity index (χ0) is 23.5. The van der Waals surface area contributed by atoms with Crippen LogP contribution in [-0.2, 0) is 29.1 Å². The van der Waals surface area contributed by atoms with Crippen molar-refractivity contribution < 1.29 is 45.4 Å². The Labute approximate surface area is 172 Å². The van der Waals surface area contributed by atoms with E-state index in [1.807, 2.05) is 5.32 Å². The largest absolute Gasteiger partial charge is 0.516 e. The first kappa shape index (κ1) is 27.4. The molecule has 0 aliphatic carbocycles. The Bertz CT molecular complexity index is 764. The van der Waals surface area contributed by atoms with Crippen molar-refractivity contribution in [1.29, 1.82) is 0 Å². The minimum Gasteiger partial charge on any atom is -0.458 e. The second kappa shape index (κ2) is 12.2. The van der Waals surface area contributed by atoms with Gasteiger partial charge in [-0.1, -0.05) is 19.6 Å². The van der Waals surface area contributed by atoms with Crippen molar-refractivity contribution in [3.63, 3.8) is 0 Å². The third-order valence-corrected chi connectivity index (χ3v) is 4.45. The highest BCUT2D eigenvalue weighted by atomic mass is 32.2. The van der Waals surface area contributed by atoms with Crippen LogP contribution < -0.4 is 10.0 Å². The molecule has 172 valence electrons. The summed E-state index contributed by atoms with van der Waals surface area (Å²) in [5.74, 6) is -1.30. The van der Waals surface area contributed by atoms with Crippen LogP contribution in [0.2, 0.25) is 0 Å². The van der Waals surface area contributed by atoms with Gasteiger partial charge in [-0.15, -0.1) is 0 Å². The van der Waals surface area contributed by atoms with Gasteiger partial charge >= 0.3 is 33.5 Å². The molecule has 2 amide bonds. The Hall–Kier alpha value is -2.57. The van der Waals surface area contributed by atoms with Gasteiger partial charge < -0.3 is 14.8 Å². The molecule has 1 atom stereocenters. The van der Waals surface area contributed by atoms with Crippen LogP contribution in [0.3, 0.4) is 0 Å². The summed E-state index contributed by atoms with van der Waals surface area (Å²) in [5.41, 5.74) is -5.25. The quantitative estimate of drug-likeness (QED) is 0.261. The molecule has 0 heterocycles. The van der Waals surface area contributed by atoms with Gasteiger partial charge in [-0.2, -0.15) is 21.6 Å². The van der Waals surface area contributed by atoms with Crippen LogP contribution in [-0.4, -0.2) is 51.2 Å². The molecule has 2 N–H and O–H groups in total. The number of sulfonamides is 1. The number of hydrogen-bond acceptors (Lipinski definition) is 7. The maximum atomic E-state index is 12.1. The Morgan fingerprint density at radius 3 is 2.07 bits per heavy atom. The lowest BCUT2D eigenvalue weighted by molar-refractivity contribution is -0.154. The summed E-state index contributed by atoms with van der Waals surface area (Å²) in [7, 11) is -5.76. The highest BCUT2D eigenvalue weighted by Gasteiger charge is 2.47. The van der Waals surface area contributed by atoms with E-state index < -0.39 is 39.6 Å². The number of amides is 2. The summed E-state index contributed by atoms with van der Waals surface area (Å²) in [4.78, 5) is 34.3. The molecule has 0 saturated heterocycles. The second-order valence-electron chi connectivity index (χ2n) is 6.34. The minimum atomic E-state index is -5.76. The number of hydrogen-bond donors (Lipinski definition) is 2. The van der Waals surface area contributed by atoms with E-state index >= 15 is 0 Å². The molecule has 0 fully saturated rings. The van der Waals surface area contributed by atoms with Crippen molar-refractivity contribution in [1.82, 2.24) is 10.0 Å². The van der Waals surface area contributed by atoms with Crippen LogP contribution in [0.15, 0.2) is 24.3 Å². The molecule has 13 heteroatoms. The summed E-state index contributed by atoms with van der Waals surface area (Å²) in [6, 6.07) is -1.49. The topological polar surface area (TPSA) is 128 Å². The predicted molar refractivity (Wildman–Crippen MR) is 100 cm³/mol. The van der Waals surface area contributed by atoms with Gasteiger partial charge in [0, 0.05) is 17.7 Å². The number of halogens is 3. The van der Waals surface area contributed by atoms with Crippen molar-refractivity contribution in [3.8, 4) is 0 Å². The number of unbranched alkanes of at least 4 members (excludes halogenated alkanes) is 2. The molecule has 0 aromatic carbocycles. The van der Waals surface area contributed by atoms with Crippen molar-refractivity contribution in [2.75, 3.05) is 13.2 Å². The molecule has 30 heavy (non-hydrogen) atoms. The second-order valence-corrected chi connectivity index (χ2v) is 8.02. The third-order valence-electron chi connectivity index (χ3n) is 3.39. The molecule has 0 saturated carbocycles. The van der Waals surface area contributed by atoms with Gasteiger partial charge in [-0.3, -0.25) is 0 Å². The number of esters is 2. The molecule has 0 aromatic heterocycles. The number of urea groups is 1. The van der Waals surface area contributed by atoms with E-state index in [0.29, 0.717) is 25.7 Å². The van der Waals surface area contributed by atoms with Crippen molar-refractivity contribution in [2.24, 2.45) is 0 Å². The molecule has 0 bridgehead atoms. The van der Waals surface area contributed by atoms with E-state index in [1.165, 1.54) is 13.8 Å².